The number of amides is 10. The van der Waals surface area contributed by atoms with E-state index in [1.807, 2.05) is 24.3 Å². The molecular formula is C55H82N14O13. The highest BCUT2D eigenvalue weighted by atomic mass is 16.4. The molecule has 0 saturated carbocycles. The highest BCUT2D eigenvalue weighted by molar-refractivity contribution is 5.99. The van der Waals surface area contributed by atoms with Crippen LogP contribution in [0.2, 0.25) is 0 Å². The molecule has 3 aromatic rings. The third kappa shape index (κ3) is 20.5. The first-order chi connectivity index (χ1) is 38.9. The maximum Gasteiger partial charge on any atom is 0.326 e. The van der Waals surface area contributed by atoms with Crippen LogP contribution in [0.1, 0.15) is 103 Å². The van der Waals surface area contributed by atoms with Crippen molar-refractivity contribution < 1.29 is 63.0 Å². The number of nitrogens with one attached hydrogen (secondary N) is 8. The van der Waals surface area contributed by atoms with Gasteiger partial charge in [0, 0.05) is 36.5 Å². The third-order valence-corrected chi connectivity index (χ3v) is 14.0. The molecule has 2 heterocycles. The fourth-order valence-electron chi connectivity index (χ4n) is 9.45. The number of unbranched alkanes of at least 4 members (excludes halogenated alkanes) is 2. The van der Waals surface area contributed by atoms with Crippen LogP contribution in [0.4, 0.5) is 0 Å². The Morgan fingerprint density at radius 2 is 1.13 bits per heavy atom. The highest BCUT2D eigenvalue weighted by Gasteiger charge is 2.40. The number of aromatic amines is 1. The number of nitrogens with two attached hydrogens (primary N) is 5. The average Bonchev–Trinajstić information content (AvgIpc) is 4.31. The zero-order chi connectivity index (χ0) is 60.6. The predicted octanol–water partition coefficient (Wildman–Crippen LogP) is -2.81. The van der Waals surface area contributed by atoms with E-state index < -0.39 is 138 Å². The Morgan fingerprint density at radius 3 is 1.73 bits per heavy atom. The lowest BCUT2D eigenvalue weighted by Gasteiger charge is -2.30. The number of aliphatic carboxylic acids is 1. The van der Waals surface area contributed by atoms with Crippen LogP contribution >= 0.6 is 0 Å². The van der Waals surface area contributed by atoms with Crippen LogP contribution in [0.15, 0.2) is 60.8 Å². The maximum absolute atomic E-state index is 14.4. The molecular weight excluding hydrogens is 1060 g/mol. The molecule has 10 atom stereocenters. The molecule has 0 unspecified atom stereocenters. The van der Waals surface area contributed by atoms with Crippen LogP contribution in [-0.2, 0) is 65.6 Å². The monoisotopic (exact) mass is 1150 g/mol. The van der Waals surface area contributed by atoms with Crippen molar-refractivity contribution >= 4 is 75.9 Å². The summed E-state index contributed by atoms with van der Waals surface area (Å²) in [5, 5.41) is 39.2. The molecule has 27 nitrogen and oxygen atoms in total. The van der Waals surface area contributed by atoms with E-state index in [4.69, 9.17) is 28.7 Å². The summed E-state index contributed by atoms with van der Waals surface area (Å²) in [6, 6.07) is 2.98. The van der Waals surface area contributed by atoms with Crippen LogP contribution in [-0.4, -0.2) is 165 Å². The minimum absolute atomic E-state index is 0.0616. The van der Waals surface area contributed by atoms with Crippen LogP contribution in [0, 0.1) is 5.92 Å². The number of carboxylic acid groups (broad SMARTS) is 1. The summed E-state index contributed by atoms with van der Waals surface area (Å²) in [6.07, 6.45) is 0.649. The minimum Gasteiger partial charge on any atom is -0.480 e. The fraction of sp³-hybridized carbons (Fsp3) is 0.545. The van der Waals surface area contributed by atoms with Gasteiger partial charge in [-0.05, 0) is 107 Å². The van der Waals surface area contributed by atoms with Gasteiger partial charge >= 0.3 is 5.97 Å². The summed E-state index contributed by atoms with van der Waals surface area (Å²) < 4.78 is 0. The summed E-state index contributed by atoms with van der Waals surface area (Å²) in [4.78, 5) is 153. The van der Waals surface area contributed by atoms with Crippen molar-refractivity contribution in [2.24, 2.45) is 34.6 Å². The molecule has 82 heavy (non-hydrogen) atoms. The van der Waals surface area contributed by atoms with Gasteiger partial charge in [-0.15, -0.1) is 0 Å². The van der Waals surface area contributed by atoms with E-state index in [0.717, 1.165) is 16.5 Å². The topological polar surface area (TPSA) is 462 Å². The van der Waals surface area contributed by atoms with Gasteiger partial charge in [0.2, 0.25) is 59.1 Å². The number of nitrogens with zero attached hydrogens (tertiary/aromatic N) is 1. The van der Waals surface area contributed by atoms with E-state index in [9.17, 15) is 63.0 Å². The number of hydrogen-bond acceptors (Lipinski definition) is 15. The quantitative estimate of drug-likeness (QED) is 0.0264. The summed E-state index contributed by atoms with van der Waals surface area (Å²) in [6.45, 7) is 4.99. The second-order valence-electron chi connectivity index (χ2n) is 20.9. The van der Waals surface area contributed by atoms with Gasteiger partial charge < -0.3 is 86.0 Å². The van der Waals surface area contributed by atoms with Gasteiger partial charge in [-0.3, -0.25) is 47.9 Å². The molecule has 1 aromatic heterocycles. The Labute approximate surface area is 475 Å². The van der Waals surface area contributed by atoms with Crippen molar-refractivity contribution in [3.63, 3.8) is 0 Å². The van der Waals surface area contributed by atoms with Gasteiger partial charge in [-0.1, -0.05) is 62.4 Å². The van der Waals surface area contributed by atoms with E-state index >= 15 is 0 Å². The number of hydrogen-bond donors (Lipinski definition) is 15. The lowest BCUT2D eigenvalue weighted by atomic mass is 9.99. The van der Waals surface area contributed by atoms with Gasteiger partial charge in [-0.2, -0.15) is 0 Å². The number of fused-ring (bicyclic) bond motifs is 1. The highest BCUT2D eigenvalue weighted by Crippen LogP contribution is 2.21. The van der Waals surface area contributed by atoms with Crippen molar-refractivity contribution in [2.45, 2.75) is 165 Å². The number of aromatic nitrogens is 1. The Kier molecular flexibility index (Phi) is 26.8. The summed E-state index contributed by atoms with van der Waals surface area (Å²) in [7, 11) is 0. The standard InChI is InChI=1S/C55H82N14O13/c1-30(2)45(67-49(75)38(21-22-43(59)71)62-47(73)35(58)27-33-29-61-36-17-8-7-16-34(33)36)52(78)66-40(26-32-14-5-4-6-15-32)50(76)65-41(28-44(60)72)51(77)63-37(18-9-11-23-56)48(74)68-46(31(3)70)53(79)64-39(19-10-12-24-57)54(80)69-25-13-20-42(69)55(81)82/h4-8,14-17,29-31,35,37-42,45-46,61,70H,9-13,18-28,56-58H2,1-3H3,(H2,59,71)(H2,60,72)(H,62,73)(H,63,77)(H,64,79)(H,65,76)(H,66,78)(H,67,75)(H,68,74)(H,81,82)/t31-,35+,37+,38+,39+,40+,41+,42+,45+,46+/m1/s1. The largest absolute Gasteiger partial charge is 0.480 e. The number of likely N-dealkylation sites (tertiary alicyclic amines) is 1. The molecule has 1 aliphatic heterocycles. The molecule has 10 amide bonds. The normalized spacial score (nSPS) is 16.4. The molecule has 0 radical (unpaired) electrons. The van der Waals surface area contributed by atoms with E-state index in [0.29, 0.717) is 31.2 Å². The molecule has 450 valence electrons. The maximum atomic E-state index is 14.4. The van der Waals surface area contributed by atoms with Gasteiger partial charge in [-0.25, -0.2) is 4.79 Å². The van der Waals surface area contributed by atoms with Crippen molar-refractivity contribution in [3.8, 4) is 0 Å². The van der Waals surface area contributed by atoms with Crippen LogP contribution in [0.3, 0.4) is 0 Å². The SMILES string of the molecule is CC(C)[C@H](NC(=O)[C@H](CCC(N)=O)NC(=O)[C@@H](N)Cc1c[nH]c2ccccc12)C(=O)N[C@@H](Cc1ccccc1)C(=O)N[C@@H](CC(N)=O)C(=O)N[C@@H](CCCCN)C(=O)N[C@H](C(=O)N[C@@H](CCCCN)C(=O)N1CCC[C@H]1C(=O)O)[C@@H](C)O. The van der Waals surface area contributed by atoms with E-state index in [-0.39, 0.29) is 71.0 Å². The van der Waals surface area contributed by atoms with E-state index in [1.54, 1.807) is 50.4 Å². The average molecular weight is 1150 g/mol. The van der Waals surface area contributed by atoms with Crippen molar-refractivity contribution in [1.82, 2.24) is 47.1 Å². The number of benzene rings is 2. The number of rotatable bonds is 35. The lowest BCUT2D eigenvalue weighted by molar-refractivity contribution is -0.149. The zero-order valence-corrected chi connectivity index (χ0v) is 46.7. The van der Waals surface area contributed by atoms with Crippen LogP contribution in [0.5, 0.6) is 0 Å². The molecule has 1 fully saturated rings. The molecule has 0 aliphatic carbocycles. The number of aliphatic hydroxyl groups excluding tert-OH is 1. The van der Waals surface area contributed by atoms with Gasteiger partial charge in [0.25, 0.3) is 0 Å². The summed E-state index contributed by atoms with van der Waals surface area (Å²) in [5.74, 6) is -10.9. The van der Waals surface area contributed by atoms with Crippen molar-refractivity contribution in [1.29, 1.82) is 0 Å². The molecule has 1 saturated heterocycles. The number of H-pyrrole nitrogens is 1. The second-order valence-corrected chi connectivity index (χ2v) is 20.9. The first-order valence-electron chi connectivity index (χ1n) is 27.6. The van der Waals surface area contributed by atoms with E-state index in [1.165, 1.54) is 11.8 Å². The van der Waals surface area contributed by atoms with Gasteiger partial charge in [0.15, 0.2) is 0 Å². The predicted molar refractivity (Wildman–Crippen MR) is 301 cm³/mol. The fourth-order valence-corrected chi connectivity index (χ4v) is 9.45. The minimum atomic E-state index is -1.78. The Morgan fingerprint density at radius 1 is 0.610 bits per heavy atom. The molecule has 0 bridgehead atoms. The van der Waals surface area contributed by atoms with Crippen molar-refractivity contribution in [2.75, 3.05) is 19.6 Å². The molecule has 1 aliphatic rings. The number of carboxylic acids is 1. The van der Waals surface area contributed by atoms with Crippen molar-refractivity contribution in [3.05, 3.63) is 71.9 Å². The number of primary amides is 2. The molecule has 2 aromatic carbocycles. The number of para-hydroxylation sites is 1. The molecule has 4 rings (SSSR count). The number of carbonyl (C=O) groups excluding carboxylic acids is 10. The number of aliphatic hydroxyl groups is 1. The van der Waals surface area contributed by atoms with Gasteiger partial charge in [0.1, 0.15) is 48.3 Å². The number of carbonyl (C=O) groups is 11. The second kappa shape index (κ2) is 33.0. The Bertz CT molecular complexity index is 2690. The van der Waals surface area contributed by atoms with Crippen LogP contribution in [0.25, 0.3) is 10.9 Å². The summed E-state index contributed by atoms with van der Waals surface area (Å²) in [5.41, 5.74) is 30.8. The smallest absolute Gasteiger partial charge is 0.326 e. The lowest BCUT2D eigenvalue weighted by Crippen LogP contribution is -2.62. The van der Waals surface area contributed by atoms with E-state index in [2.05, 4.69) is 42.2 Å². The van der Waals surface area contributed by atoms with Crippen LogP contribution < -0.4 is 65.9 Å². The Hall–Kier alpha value is -8.01. The first-order valence-corrected chi connectivity index (χ1v) is 27.6. The molecule has 20 N–H and O–H groups in total. The van der Waals surface area contributed by atoms with Gasteiger partial charge in [0.05, 0.1) is 18.6 Å². The third-order valence-electron chi connectivity index (χ3n) is 14.0. The molecule has 0 spiro atoms. The zero-order valence-electron chi connectivity index (χ0n) is 46.7. The Balaban J connectivity index is 1.55. The molecule has 27 heteroatoms. The first kappa shape index (κ1) is 66.5. The summed E-state index contributed by atoms with van der Waals surface area (Å²) >= 11 is 0.